The lowest BCUT2D eigenvalue weighted by Crippen LogP contribution is -2.39. The van der Waals surface area contributed by atoms with Gasteiger partial charge in [0.2, 0.25) is 0 Å². The summed E-state index contributed by atoms with van der Waals surface area (Å²) in [7, 11) is 0. The average Bonchev–Trinajstić information content (AvgIpc) is 2.44. The molecule has 2 heterocycles. The first kappa shape index (κ1) is 15.5. The molecule has 1 atom stereocenters. The molecule has 20 heavy (non-hydrogen) atoms. The summed E-state index contributed by atoms with van der Waals surface area (Å²) in [6, 6.07) is 3.85. The Balaban J connectivity index is 1.99. The Morgan fingerprint density at radius 3 is 3.05 bits per heavy atom. The Hall–Kier alpha value is -0.840. The normalized spacial score (nSPS) is 20.1. The van der Waals surface area contributed by atoms with Gasteiger partial charge in [-0.3, -0.25) is 4.90 Å². The zero-order valence-electron chi connectivity index (χ0n) is 12.4. The van der Waals surface area contributed by atoms with Crippen LogP contribution in [0.15, 0.2) is 12.1 Å². The van der Waals surface area contributed by atoms with Crippen LogP contribution in [0.4, 0.5) is 5.82 Å². The number of halogens is 1. The van der Waals surface area contributed by atoms with Crippen molar-refractivity contribution in [3.63, 3.8) is 0 Å². The van der Waals surface area contributed by atoms with E-state index >= 15 is 0 Å². The van der Waals surface area contributed by atoms with E-state index in [-0.39, 0.29) is 0 Å². The number of ether oxygens (including phenoxy) is 1. The molecule has 5 heteroatoms. The van der Waals surface area contributed by atoms with Crippen molar-refractivity contribution in [1.29, 1.82) is 0 Å². The molecule has 0 saturated carbocycles. The molecule has 1 fully saturated rings. The van der Waals surface area contributed by atoms with Gasteiger partial charge in [0.15, 0.2) is 0 Å². The van der Waals surface area contributed by atoms with Gasteiger partial charge in [-0.05, 0) is 45.4 Å². The molecule has 1 N–H and O–H groups in total. The predicted octanol–water partition coefficient (Wildman–Crippen LogP) is 3.17. The minimum absolute atomic E-state index is 0.351. The minimum Gasteiger partial charge on any atom is -0.377 e. The monoisotopic (exact) mass is 297 g/mol. The number of likely N-dealkylation sites (tertiary alicyclic amines) is 1. The van der Waals surface area contributed by atoms with Gasteiger partial charge in [-0.1, -0.05) is 11.6 Å². The molecule has 1 aliphatic rings. The maximum Gasteiger partial charge on any atom is 0.126 e. The van der Waals surface area contributed by atoms with E-state index in [9.17, 15) is 0 Å². The van der Waals surface area contributed by atoms with Crippen LogP contribution < -0.4 is 5.32 Å². The highest BCUT2D eigenvalue weighted by molar-refractivity contribution is 6.31. The first-order chi connectivity index (χ1) is 9.72. The molecule has 0 aromatic carbocycles. The Labute approximate surface area is 126 Å². The van der Waals surface area contributed by atoms with Crippen LogP contribution >= 0.6 is 11.6 Å². The van der Waals surface area contributed by atoms with Crippen molar-refractivity contribution in [2.24, 2.45) is 0 Å². The topological polar surface area (TPSA) is 37.4 Å². The number of aromatic nitrogens is 1. The van der Waals surface area contributed by atoms with Crippen molar-refractivity contribution in [2.75, 3.05) is 31.6 Å². The zero-order chi connectivity index (χ0) is 14.4. The number of piperidine rings is 1. The van der Waals surface area contributed by atoms with Crippen LogP contribution in [-0.2, 0) is 11.3 Å². The number of nitrogens with zero attached hydrogens (tertiary/aromatic N) is 2. The lowest BCUT2D eigenvalue weighted by molar-refractivity contribution is 0.00333. The van der Waals surface area contributed by atoms with Crippen molar-refractivity contribution in [2.45, 2.75) is 39.3 Å². The summed E-state index contributed by atoms with van der Waals surface area (Å²) >= 11 is 6.26. The third-order valence-electron chi connectivity index (χ3n) is 3.51. The van der Waals surface area contributed by atoms with Gasteiger partial charge in [0.1, 0.15) is 5.82 Å². The minimum atomic E-state index is 0.351. The Kier molecular flexibility index (Phi) is 6.07. The van der Waals surface area contributed by atoms with Crippen LogP contribution in [0, 0.1) is 0 Å². The third kappa shape index (κ3) is 4.33. The lowest BCUT2D eigenvalue weighted by atomic mass is 10.1. The number of rotatable bonds is 6. The van der Waals surface area contributed by atoms with Gasteiger partial charge >= 0.3 is 0 Å². The highest BCUT2D eigenvalue weighted by Gasteiger charge is 2.21. The van der Waals surface area contributed by atoms with Crippen LogP contribution in [0.5, 0.6) is 0 Å². The molecular weight excluding hydrogens is 274 g/mol. The van der Waals surface area contributed by atoms with Gasteiger partial charge in [-0.2, -0.15) is 0 Å². The molecule has 1 aliphatic heterocycles. The summed E-state index contributed by atoms with van der Waals surface area (Å²) in [4.78, 5) is 6.98. The molecule has 1 unspecified atom stereocenters. The number of nitrogens with one attached hydrogen (secondary N) is 1. The fourth-order valence-electron chi connectivity index (χ4n) is 2.62. The van der Waals surface area contributed by atoms with Crippen LogP contribution in [0.2, 0.25) is 5.02 Å². The molecule has 1 aromatic heterocycles. The van der Waals surface area contributed by atoms with Crippen LogP contribution in [-0.4, -0.2) is 42.2 Å². The van der Waals surface area contributed by atoms with Crippen LogP contribution in [0.25, 0.3) is 0 Å². The average molecular weight is 298 g/mol. The smallest absolute Gasteiger partial charge is 0.126 e. The number of hydrogen-bond acceptors (Lipinski definition) is 4. The van der Waals surface area contributed by atoms with Crippen molar-refractivity contribution in [3.05, 3.63) is 22.8 Å². The van der Waals surface area contributed by atoms with E-state index in [0.29, 0.717) is 6.10 Å². The van der Waals surface area contributed by atoms with E-state index in [1.165, 1.54) is 6.42 Å². The molecule has 4 nitrogen and oxygen atoms in total. The third-order valence-corrected chi connectivity index (χ3v) is 3.86. The molecule has 112 valence electrons. The molecule has 0 bridgehead atoms. The number of anilines is 1. The highest BCUT2D eigenvalue weighted by atomic mass is 35.5. The molecule has 0 aliphatic carbocycles. The first-order valence-electron chi connectivity index (χ1n) is 7.46. The number of hydrogen-bond donors (Lipinski definition) is 1. The van der Waals surface area contributed by atoms with E-state index in [2.05, 4.69) is 29.0 Å². The van der Waals surface area contributed by atoms with Gasteiger partial charge in [0.05, 0.1) is 16.8 Å². The highest BCUT2D eigenvalue weighted by Crippen LogP contribution is 2.21. The molecule has 0 amide bonds. The summed E-state index contributed by atoms with van der Waals surface area (Å²) in [6.45, 7) is 8.62. The second-order valence-corrected chi connectivity index (χ2v) is 5.52. The van der Waals surface area contributed by atoms with Gasteiger partial charge in [0.25, 0.3) is 0 Å². The summed E-state index contributed by atoms with van der Waals surface area (Å²) in [6.07, 6.45) is 2.68. The van der Waals surface area contributed by atoms with Crippen molar-refractivity contribution in [3.8, 4) is 0 Å². The first-order valence-corrected chi connectivity index (χ1v) is 7.84. The lowest BCUT2D eigenvalue weighted by Gasteiger charge is -2.32. The van der Waals surface area contributed by atoms with E-state index in [0.717, 1.165) is 55.7 Å². The SMILES string of the molecule is CCNc1ccc(Cl)c(CN2CCCC(OCC)C2)n1. The summed E-state index contributed by atoms with van der Waals surface area (Å²) in [5, 5.41) is 3.97. The standard InChI is InChI=1S/C15H24ClN3O/c1-3-17-15-8-7-13(16)14(18-15)11-19-9-5-6-12(10-19)20-4-2/h7-8,12H,3-6,9-11H2,1-2H3,(H,17,18). The maximum atomic E-state index is 6.26. The molecule has 0 spiro atoms. The Bertz CT molecular complexity index is 426. The summed E-state index contributed by atoms with van der Waals surface area (Å²) < 4.78 is 5.74. The second-order valence-electron chi connectivity index (χ2n) is 5.11. The second kappa shape index (κ2) is 7.81. The van der Waals surface area contributed by atoms with Gasteiger partial charge in [-0.15, -0.1) is 0 Å². The van der Waals surface area contributed by atoms with Crippen LogP contribution in [0.3, 0.4) is 0 Å². The number of pyridine rings is 1. The van der Waals surface area contributed by atoms with E-state index < -0.39 is 0 Å². The molecule has 1 aromatic rings. The van der Waals surface area contributed by atoms with Gasteiger partial charge in [0, 0.05) is 26.2 Å². The van der Waals surface area contributed by atoms with E-state index in [1.54, 1.807) is 0 Å². The molecule has 0 radical (unpaired) electrons. The fraction of sp³-hybridized carbons (Fsp3) is 0.667. The Morgan fingerprint density at radius 2 is 2.30 bits per heavy atom. The Morgan fingerprint density at radius 1 is 1.45 bits per heavy atom. The summed E-state index contributed by atoms with van der Waals surface area (Å²) in [5.41, 5.74) is 0.947. The van der Waals surface area contributed by atoms with Crippen molar-refractivity contribution < 1.29 is 4.74 Å². The van der Waals surface area contributed by atoms with E-state index in [1.807, 2.05) is 12.1 Å². The fourth-order valence-corrected chi connectivity index (χ4v) is 2.78. The van der Waals surface area contributed by atoms with Crippen LogP contribution in [0.1, 0.15) is 32.4 Å². The largest absolute Gasteiger partial charge is 0.377 e. The molecular formula is C15H24ClN3O. The van der Waals surface area contributed by atoms with Gasteiger partial charge in [-0.25, -0.2) is 4.98 Å². The molecule has 2 rings (SSSR count). The predicted molar refractivity (Wildman–Crippen MR) is 83.3 cm³/mol. The van der Waals surface area contributed by atoms with Crippen molar-refractivity contribution >= 4 is 17.4 Å². The maximum absolute atomic E-state index is 6.26. The van der Waals surface area contributed by atoms with E-state index in [4.69, 9.17) is 16.3 Å². The van der Waals surface area contributed by atoms with Gasteiger partial charge < -0.3 is 10.1 Å². The van der Waals surface area contributed by atoms with Crippen molar-refractivity contribution in [1.82, 2.24) is 9.88 Å². The molecule has 1 saturated heterocycles. The quantitative estimate of drug-likeness (QED) is 0.875. The summed E-state index contributed by atoms with van der Waals surface area (Å²) in [5.74, 6) is 0.894. The zero-order valence-corrected chi connectivity index (χ0v) is 13.1.